The molecule has 1 unspecified atom stereocenters. The molecule has 1 aliphatic heterocycles. The summed E-state index contributed by atoms with van der Waals surface area (Å²) >= 11 is 0. The first-order chi connectivity index (χ1) is 14.2. The van der Waals surface area contributed by atoms with Gasteiger partial charge >= 0.3 is 0 Å². The van der Waals surface area contributed by atoms with Crippen LogP contribution in [-0.2, 0) is 14.8 Å². The Balaban J connectivity index is 1.54. The van der Waals surface area contributed by atoms with Crippen LogP contribution in [0.5, 0.6) is 0 Å². The number of nitrogens with zero attached hydrogens (tertiary/aromatic N) is 2. The lowest BCUT2D eigenvalue weighted by atomic mass is 10.1. The first-order valence-corrected chi connectivity index (χ1v) is 11.8. The van der Waals surface area contributed by atoms with Gasteiger partial charge in [0.15, 0.2) is 0 Å². The first-order valence-electron chi connectivity index (χ1n) is 10.2. The number of rotatable bonds is 7. The van der Waals surface area contributed by atoms with Crippen molar-refractivity contribution in [3.8, 4) is 0 Å². The molecule has 0 bridgehead atoms. The maximum atomic E-state index is 12.5. The van der Waals surface area contributed by atoms with Crippen molar-refractivity contribution in [3.63, 3.8) is 0 Å². The fraction of sp³-hybridized carbons (Fsp3) is 0.409. The van der Waals surface area contributed by atoms with E-state index in [0.29, 0.717) is 0 Å². The van der Waals surface area contributed by atoms with E-state index in [4.69, 9.17) is 5.14 Å². The summed E-state index contributed by atoms with van der Waals surface area (Å²) in [6, 6.07) is 14.3. The molecule has 0 radical (unpaired) electrons. The number of benzene rings is 2. The van der Waals surface area contributed by atoms with Crippen LogP contribution in [0.3, 0.4) is 0 Å². The third-order valence-corrected chi connectivity index (χ3v) is 6.55. The number of amides is 1. The van der Waals surface area contributed by atoms with Crippen molar-refractivity contribution < 1.29 is 13.2 Å². The zero-order valence-electron chi connectivity index (χ0n) is 17.5. The highest BCUT2D eigenvalue weighted by Gasteiger charge is 2.17. The van der Waals surface area contributed by atoms with E-state index >= 15 is 0 Å². The number of carbonyl (C=O) groups excluding carboxylic acids is 1. The summed E-state index contributed by atoms with van der Waals surface area (Å²) in [4.78, 5) is 16.8. The van der Waals surface area contributed by atoms with Crippen LogP contribution in [-0.4, -0.2) is 45.9 Å². The average molecular weight is 431 g/mol. The minimum atomic E-state index is -3.71. The van der Waals surface area contributed by atoms with Gasteiger partial charge in [-0.2, -0.15) is 0 Å². The number of sulfonamides is 1. The second kappa shape index (κ2) is 9.59. The van der Waals surface area contributed by atoms with Crippen LogP contribution in [0.25, 0.3) is 0 Å². The van der Waals surface area contributed by atoms with Crippen molar-refractivity contribution in [2.75, 3.05) is 36.9 Å². The normalized spacial score (nSPS) is 15.8. The Morgan fingerprint density at radius 2 is 1.67 bits per heavy atom. The molecule has 7 nitrogen and oxygen atoms in total. The van der Waals surface area contributed by atoms with Crippen molar-refractivity contribution >= 4 is 27.3 Å². The monoisotopic (exact) mass is 430 g/mol. The van der Waals surface area contributed by atoms with Crippen LogP contribution in [0.2, 0.25) is 0 Å². The van der Waals surface area contributed by atoms with E-state index in [2.05, 4.69) is 22.3 Å². The predicted molar refractivity (Wildman–Crippen MR) is 120 cm³/mol. The number of primary sulfonamides is 1. The lowest BCUT2D eigenvalue weighted by molar-refractivity contribution is -0.117. The SMILES string of the molecule is CC(c1ccc(S(N)(=O)=O)cc1)N(C)CC(=O)Nc1ccc(N2CCCCC2)cc1. The van der Waals surface area contributed by atoms with E-state index in [1.54, 1.807) is 12.1 Å². The Kier molecular flexibility index (Phi) is 7.12. The molecule has 0 saturated carbocycles. The molecule has 2 aromatic rings. The maximum Gasteiger partial charge on any atom is 0.238 e. The van der Waals surface area contributed by atoms with Crippen molar-refractivity contribution in [3.05, 3.63) is 54.1 Å². The number of hydrogen-bond acceptors (Lipinski definition) is 5. The molecular weight excluding hydrogens is 400 g/mol. The fourth-order valence-electron chi connectivity index (χ4n) is 3.66. The van der Waals surface area contributed by atoms with Gasteiger partial charge in [-0.1, -0.05) is 12.1 Å². The van der Waals surface area contributed by atoms with E-state index in [9.17, 15) is 13.2 Å². The number of carbonyl (C=O) groups is 1. The summed E-state index contributed by atoms with van der Waals surface area (Å²) in [5.74, 6) is -0.101. The number of anilines is 2. The predicted octanol–water partition coefficient (Wildman–Crippen LogP) is 2.96. The molecule has 1 heterocycles. The van der Waals surface area contributed by atoms with Crippen LogP contribution >= 0.6 is 0 Å². The third-order valence-electron chi connectivity index (χ3n) is 5.62. The summed E-state index contributed by atoms with van der Waals surface area (Å²) in [7, 11) is -1.85. The lowest BCUT2D eigenvalue weighted by Crippen LogP contribution is -2.32. The summed E-state index contributed by atoms with van der Waals surface area (Å²) in [6.45, 7) is 4.36. The van der Waals surface area contributed by atoms with Crippen LogP contribution in [0.1, 0.15) is 37.8 Å². The van der Waals surface area contributed by atoms with Gasteiger partial charge in [-0.15, -0.1) is 0 Å². The van der Waals surface area contributed by atoms with Gasteiger partial charge in [0.2, 0.25) is 15.9 Å². The molecule has 1 aliphatic rings. The third kappa shape index (κ3) is 5.81. The van der Waals surface area contributed by atoms with Gasteiger partial charge in [0.25, 0.3) is 0 Å². The van der Waals surface area contributed by atoms with Gasteiger partial charge in [-0.3, -0.25) is 9.69 Å². The minimum Gasteiger partial charge on any atom is -0.372 e. The van der Waals surface area contributed by atoms with Crippen molar-refractivity contribution in [2.24, 2.45) is 5.14 Å². The second-order valence-electron chi connectivity index (χ2n) is 7.85. The fourth-order valence-corrected chi connectivity index (χ4v) is 4.18. The second-order valence-corrected chi connectivity index (χ2v) is 9.41. The number of nitrogens with two attached hydrogens (primary N) is 1. The van der Waals surface area contributed by atoms with Gasteiger partial charge < -0.3 is 10.2 Å². The molecule has 162 valence electrons. The van der Waals surface area contributed by atoms with Crippen LogP contribution in [0.4, 0.5) is 11.4 Å². The van der Waals surface area contributed by atoms with Crippen molar-refractivity contribution in [1.82, 2.24) is 4.90 Å². The van der Waals surface area contributed by atoms with E-state index < -0.39 is 10.0 Å². The van der Waals surface area contributed by atoms with Crippen molar-refractivity contribution in [2.45, 2.75) is 37.1 Å². The average Bonchev–Trinajstić information content (AvgIpc) is 2.73. The minimum absolute atomic E-state index is 0.0632. The number of nitrogens with one attached hydrogen (secondary N) is 1. The Morgan fingerprint density at radius 1 is 1.07 bits per heavy atom. The molecule has 1 fully saturated rings. The highest BCUT2D eigenvalue weighted by Crippen LogP contribution is 2.23. The van der Waals surface area contributed by atoms with Crippen LogP contribution in [0, 0.1) is 0 Å². The van der Waals surface area contributed by atoms with E-state index in [1.165, 1.54) is 37.1 Å². The van der Waals surface area contributed by atoms with E-state index in [-0.39, 0.29) is 23.4 Å². The maximum absolute atomic E-state index is 12.5. The zero-order valence-corrected chi connectivity index (χ0v) is 18.4. The Bertz CT molecular complexity index is 953. The molecule has 3 N–H and O–H groups in total. The molecule has 1 amide bonds. The molecule has 1 saturated heterocycles. The summed E-state index contributed by atoms with van der Waals surface area (Å²) < 4.78 is 22.8. The smallest absolute Gasteiger partial charge is 0.238 e. The molecule has 0 aliphatic carbocycles. The Labute approximate surface area is 178 Å². The molecule has 0 spiro atoms. The molecule has 0 aromatic heterocycles. The van der Waals surface area contributed by atoms with Crippen molar-refractivity contribution in [1.29, 1.82) is 0 Å². The quantitative estimate of drug-likeness (QED) is 0.704. The van der Waals surface area contributed by atoms with E-state index in [1.807, 2.05) is 31.0 Å². The summed E-state index contributed by atoms with van der Waals surface area (Å²) in [5.41, 5.74) is 2.88. The van der Waals surface area contributed by atoms with Crippen LogP contribution in [0.15, 0.2) is 53.4 Å². The Hall–Kier alpha value is -2.42. The highest BCUT2D eigenvalue weighted by atomic mass is 32.2. The van der Waals surface area contributed by atoms with Gasteiger partial charge in [0.1, 0.15) is 0 Å². The molecule has 8 heteroatoms. The molecular formula is C22H30N4O3S. The largest absolute Gasteiger partial charge is 0.372 e. The summed E-state index contributed by atoms with van der Waals surface area (Å²) in [5, 5.41) is 8.08. The van der Waals surface area contributed by atoms with Gasteiger partial charge in [-0.25, -0.2) is 13.6 Å². The topological polar surface area (TPSA) is 95.7 Å². The van der Waals surface area contributed by atoms with Crippen LogP contribution < -0.4 is 15.4 Å². The Morgan fingerprint density at radius 3 is 2.23 bits per heavy atom. The van der Waals surface area contributed by atoms with E-state index in [0.717, 1.165) is 24.3 Å². The van der Waals surface area contributed by atoms with Gasteiger partial charge in [-0.05, 0) is 75.2 Å². The number of piperidine rings is 1. The molecule has 3 rings (SSSR count). The first kappa shape index (κ1) is 22.3. The lowest BCUT2D eigenvalue weighted by Gasteiger charge is -2.29. The number of likely N-dealkylation sites (N-methyl/N-ethyl adjacent to an activating group) is 1. The standard InChI is InChI=1S/C22H30N4O3S/c1-17(18-6-12-21(13-7-18)30(23,28)29)25(2)16-22(27)24-19-8-10-20(11-9-19)26-14-4-3-5-15-26/h6-13,17H,3-5,14-16H2,1-2H3,(H,24,27)(H2,23,28,29). The van der Waals surface area contributed by atoms with Gasteiger partial charge in [0, 0.05) is 30.5 Å². The summed E-state index contributed by atoms with van der Waals surface area (Å²) in [6.07, 6.45) is 3.76. The highest BCUT2D eigenvalue weighted by molar-refractivity contribution is 7.89. The molecule has 2 aromatic carbocycles. The zero-order chi connectivity index (χ0) is 21.7. The molecule has 30 heavy (non-hydrogen) atoms. The molecule has 1 atom stereocenters. The van der Waals surface area contributed by atoms with Gasteiger partial charge in [0.05, 0.1) is 11.4 Å². The number of hydrogen-bond donors (Lipinski definition) is 2.